The van der Waals surface area contributed by atoms with Gasteiger partial charge in [0.15, 0.2) is 16.6 Å². The maximum atomic E-state index is 11.8. The number of hydrogen-bond acceptors (Lipinski definition) is 7. The standard InChI is InChI=1S/C15H17N3O4S/c1-20-5-4-16-7-14(19)18-15-17-11(8-23-15)10-2-3-12-13(6-10)22-9-21-12/h2-3,6,8,16H,4-5,7,9H2,1H3,(H,17,18,19). The van der Waals surface area contributed by atoms with Gasteiger partial charge in [-0.15, -0.1) is 11.3 Å². The summed E-state index contributed by atoms with van der Waals surface area (Å²) in [7, 11) is 1.62. The Morgan fingerprint density at radius 3 is 3.13 bits per heavy atom. The lowest BCUT2D eigenvalue weighted by Crippen LogP contribution is -2.30. The molecule has 122 valence electrons. The van der Waals surface area contributed by atoms with E-state index >= 15 is 0 Å². The molecule has 0 radical (unpaired) electrons. The minimum absolute atomic E-state index is 0.132. The maximum absolute atomic E-state index is 11.8. The third kappa shape index (κ3) is 3.98. The number of benzene rings is 1. The number of carbonyl (C=O) groups is 1. The van der Waals surface area contributed by atoms with Gasteiger partial charge in [-0.1, -0.05) is 0 Å². The molecule has 0 spiro atoms. The summed E-state index contributed by atoms with van der Waals surface area (Å²) in [5, 5.41) is 8.21. The Morgan fingerprint density at radius 1 is 1.39 bits per heavy atom. The van der Waals surface area contributed by atoms with Gasteiger partial charge in [-0.3, -0.25) is 4.79 Å². The Labute approximate surface area is 137 Å². The molecule has 1 amide bonds. The zero-order valence-corrected chi connectivity index (χ0v) is 13.4. The fourth-order valence-corrected chi connectivity index (χ4v) is 2.80. The van der Waals surface area contributed by atoms with Gasteiger partial charge in [-0.05, 0) is 18.2 Å². The van der Waals surface area contributed by atoms with Gasteiger partial charge in [0.05, 0.1) is 18.8 Å². The number of thiazole rings is 1. The Kier molecular flexibility index (Phi) is 5.06. The van der Waals surface area contributed by atoms with Crippen LogP contribution in [-0.2, 0) is 9.53 Å². The number of anilines is 1. The van der Waals surface area contributed by atoms with Crippen LogP contribution in [0.2, 0.25) is 0 Å². The summed E-state index contributed by atoms with van der Waals surface area (Å²) in [5.41, 5.74) is 1.71. The molecule has 1 aromatic heterocycles. The molecule has 7 nitrogen and oxygen atoms in total. The number of nitrogens with zero attached hydrogens (tertiary/aromatic N) is 1. The van der Waals surface area contributed by atoms with Crippen molar-refractivity contribution in [1.82, 2.24) is 10.3 Å². The highest BCUT2D eigenvalue weighted by Gasteiger charge is 2.15. The summed E-state index contributed by atoms with van der Waals surface area (Å²) in [5.74, 6) is 1.32. The fourth-order valence-electron chi connectivity index (χ4n) is 2.06. The topological polar surface area (TPSA) is 81.7 Å². The molecule has 0 fully saturated rings. The maximum Gasteiger partial charge on any atom is 0.240 e. The number of ether oxygens (including phenoxy) is 3. The van der Waals surface area contributed by atoms with Crippen molar-refractivity contribution < 1.29 is 19.0 Å². The van der Waals surface area contributed by atoms with Crippen LogP contribution < -0.4 is 20.1 Å². The number of hydrogen-bond donors (Lipinski definition) is 2. The van der Waals surface area contributed by atoms with Crippen LogP contribution in [0.25, 0.3) is 11.3 Å². The number of methoxy groups -OCH3 is 1. The second-order valence-electron chi connectivity index (χ2n) is 4.82. The molecule has 2 aromatic rings. The molecule has 0 atom stereocenters. The molecule has 0 unspecified atom stereocenters. The van der Waals surface area contributed by atoms with Crippen molar-refractivity contribution in [3.63, 3.8) is 0 Å². The highest BCUT2D eigenvalue weighted by molar-refractivity contribution is 7.14. The van der Waals surface area contributed by atoms with Crippen LogP contribution in [0.1, 0.15) is 0 Å². The van der Waals surface area contributed by atoms with E-state index < -0.39 is 0 Å². The number of amides is 1. The van der Waals surface area contributed by atoms with Gasteiger partial charge in [-0.25, -0.2) is 4.98 Å². The zero-order valence-electron chi connectivity index (χ0n) is 12.6. The van der Waals surface area contributed by atoms with Gasteiger partial charge >= 0.3 is 0 Å². The van der Waals surface area contributed by atoms with Gasteiger partial charge in [0.1, 0.15) is 0 Å². The van der Waals surface area contributed by atoms with Crippen LogP contribution in [0.4, 0.5) is 5.13 Å². The lowest BCUT2D eigenvalue weighted by molar-refractivity contribution is -0.115. The van der Waals surface area contributed by atoms with E-state index in [0.29, 0.717) is 24.0 Å². The minimum Gasteiger partial charge on any atom is -0.454 e. The number of carbonyl (C=O) groups excluding carboxylic acids is 1. The zero-order chi connectivity index (χ0) is 16.1. The van der Waals surface area contributed by atoms with E-state index in [9.17, 15) is 4.79 Å². The Bertz CT molecular complexity index is 689. The predicted molar refractivity (Wildman–Crippen MR) is 87.0 cm³/mol. The molecule has 1 aliphatic heterocycles. The van der Waals surface area contributed by atoms with Crippen LogP contribution in [0, 0.1) is 0 Å². The summed E-state index contributed by atoms with van der Waals surface area (Å²) >= 11 is 1.38. The van der Waals surface area contributed by atoms with Gasteiger partial charge in [0.25, 0.3) is 0 Å². The molecule has 0 saturated heterocycles. The average molecular weight is 335 g/mol. The van der Waals surface area contributed by atoms with Crippen LogP contribution in [0.3, 0.4) is 0 Å². The molecule has 1 aromatic carbocycles. The molecule has 8 heteroatoms. The van der Waals surface area contributed by atoms with E-state index in [-0.39, 0.29) is 19.2 Å². The quantitative estimate of drug-likeness (QED) is 0.750. The lowest BCUT2D eigenvalue weighted by atomic mass is 10.1. The Hall–Kier alpha value is -2.16. The van der Waals surface area contributed by atoms with E-state index in [1.54, 1.807) is 7.11 Å². The average Bonchev–Trinajstić information content (AvgIpc) is 3.19. The molecule has 3 rings (SSSR count). The van der Waals surface area contributed by atoms with E-state index in [2.05, 4.69) is 15.6 Å². The molecule has 2 N–H and O–H groups in total. The van der Waals surface area contributed by atoms with Gasteiger partial charge in [0, 0.05) is 24.6 Å². The van der Waals surface area contributed by atoms with Crippen molar-refractivity contribution in [3.8, 4) is 22.8 Å². The minimum atomic E-state index is -0.132. The summed E-state index contributed by atoms with van der Waals surface area (Å²) in [4.78, 5) is 16.2. The van der Waals surface area contributed by atoms with Crippen molar-refractivity contribution in [2.24, 2.45) is 0 Å². The summed E-state index contributed by atoms with van der Waals surface area (Å²) in [6.45, 7) is 1.67. The fraction of sp³-hybridized carbons (Fsp3) is 0.333. The molecular weight excluding hydrogens is 318 g/mol. The molecule has 1 aliphatic rings. The monoisotopic (exact) mass is 335 g/mol. The highest BCUT2D eigenvalue weighted by atomic mass is 32.1. The molecule has 2 heterocycles. The first kappa shape index (κ1) is 15.7. The van der Waals surface area contributed by atoms with E-state index in [1.165, 1.54) is 11.3 Å². The van der Waals surface area contributed by atoms with Crippen molar-refractivity contribution in [1.29, 1.82) is 0 Å². The van der Waals surface area contributed by atoms with Crippen LogP contribution in [-0.4, -0.2) is 44.5 Å². The first-order chi connectivity index (χ1) is 11.3. The Balaban J connectivity index is 1.58. The largest absolute Gasteiger partial charge is 0.454 e. The number of fused-ring (bicyclic) bond motifs is 1. The SMILES string of the molecule is COCCNCC(=O)Nc1nc(-c2ccc3c(c2)OCO3)cs1. The number of aromatic nitrogens is 1. The first-order valence-corrected chi connectivity index (χ1v) is 7.99. The second kappa shape index (κ2) is 7.40. The normalized spacial score (nSPS) is 12.4. The Morgan fingerprint density at radius 2 is 2.26 bits per heavy atom. The van der Waals surface area contributed by atoms with Crippen molar-refractivity contribution >= 4 is 22.4 Å². The second-order valence-corrected chi connectivity index (χ2v) is 5.68. The molecule has 0 aliphatic carbocycles. The molecular formula is C15H17N3O4S. The van der Waals surface area contributed by atoms with Crippen LogP contribution >= 0.6 is 11.3 Å². The smallest absolute Gasteiger partial charge is 0.240 e. The van der Waals surface area contributed by atoms with Crippen molar-refractivity contribution in [2.75, 3.05) is 38.9 Å². The van der Waals surface area contributed by atoms with Gasteiger partial charge in [-0.2, -0.15) is 0 Å². The molecule has 0 saturated carbocycles. The van der Waals surface area contributed by atoms with Gasteiger partial charge < -0.3 is 24.8 Å². The molecule has 0 bridgehead atoms. The summed E-state index contributed by atoms with van der Waals surface area (Å²) in [6.07, 6.45) is 0. The third-order valence-corrected chi connectivity index (χ3v) is 3.95. The summed E-state index contributed by atoms with van der Waals surface area (Å²) in [6, 6.07) is 5.66. The summed E-state index contributed by atoms with van der Waals surface area (Å²) < 4.78 is 15.6. The number of rotatable bonds is 7. The van der Waals surface area contributed by atoms with Crippen molar-refractivity contribution in [2.45, 2.75) is 0 Å². The van der Waals surface area contributed by atoms with E-state index in [0.717, 1.165) is 17.0 Å². The highest BCUT2D eigenvalue weighted by Crippen LogP contribution is 2.36. The predicted octanol–water partition coefficient (Wildman–Crippen LogP) is 1.71. The van der Waals surface area contributed by atoms with Gasteiger partial charge in [0.2, 0.25) is 12.7 Å². The lowest BCUT2D eigenvalue weighted by Gasteiger charge is -2.03. The first-order valence-electron chi connectivity index (χ1n) is 7.11. The van der Waals surface area contributed by atoms with Crippen molar-refractivity contribution in [3.05, 3.63) is 23.6 Å². The van der Waals surface area contributed by atoms with Crippen LogP contribution in [0.15, 0.2) is 23.6 Å². The van der Waals surface area contributed by atoms with E-state index in [1.807, 2.05) is 23.6 Å². The molecule has 23 heavy (non-hydrogen) atoms. The third-order valence-electron chi connectivity index (χ3n) is 3.19. The van der Waals surface area contributed by atoms with E-state index in [4.69, 9.17) is 14.2 Å². The number of nitrogens with one attached hydrogen (secondary N) is 2. The van der Waals surface area contributed by atoms with Crippen LogP contribution in [0.5, 0.6) is 11.5 Å².